The maximum Gasteiger partial charge on any atom is 0.221 e. The average molecular weight is 457 g/mol. The van der Waals surface area contributed by atoms with Gasteiger partial charge in [-0.15, -0.1) is 12.4 Å². The fourth-order valence-corrected chi connectivity index (χ4v) is 5.77. The SMILES string of the molecule is CC(=O)Nc1cccc2c1C[C@H]1N(CC(C)OCc3ccccc3)CC[C@]2(C)C1(C)C.Cl. The number of anilines is 1. The predicted octanol–water partition coefficient (Wildman–Crippen LogP) is 5.59. The number of halogens is 1. The summed E-state index contributed by atoms with van der Waals surface area (Å²) in [6.07, 6.45) is 2.23. The van der Waals surface area contributed by atoms with Gasteiger partial charge in [0.05, 0.1) is 12.7 Å². The Bertz CT molecular complexity index is 946. The van der Waals surface area contributed by atoms with Crippen molar-refractivity contribution in [3.63, 3.8) is 0 Å². The minimum absolute atomic E-state index is 0. The highest BCUT2D eigenvalue weighted by molar-refractivity contribution is 5.90. The van der Waals surface area contributed by atoms with Gasteiger partial charge in [0.2, 0.25) is 5.91 Å². The summed E-state index contributed by atoms with van der Waals surface area (Å²) in [5.41, 5.74) is 5.14. The first-order valence-electron chi connectivity index (χ1n) is 11.5. The Kier molecular flexibility index (Phi) is 7.38. The van der Waals surface area contributed by atoms with Gasteiger partial charge in [0.25, 0.3) is 0 Å². The van der Waals surface area contributed by atoms with Crippen molar-refractivity contribution < 1.29 is 9.53 Å². The molecule has 0 radical (unpaired) electrons. The van der Waals surface area contributed by atoms with Gasteiger partial charge in [0.1, 0.15) is 0 Å². The van der Waals surface area contributed by atoms with Crippen molar-refractivity contribution in [3.05, 3.63) is 65.2 Å². The van der Waals surface area contributed by atoms with Gasteiger partial charge in [-0.1, -0.05) is 63.2 Å². The van der Waals surface area contributed by atoms with Crippen LogP contribution >= 0.6 is 12.4 Å². The molecule has 1 N–H and O–H groups in total. The third-order valence-electron chi connectivity index (χ3n) is 7.94. The molecule has 2 bridgehead atoms. The number of nitrogens with one attached hydrogen (secondary N) is 1. The molecule has 2 aromatic rings. The fraction of sp³-hybridized carbons (Fsp3) is 0.519. The largest absolute Gasteiger partial charge is 0.373 e. The Morgan fingerprint density at radius 2 is 1.88 bits per heavy atom. The zero-order valence-electron chi connectivity index (χ0n) is 20.0. The molecule has 1 fully saturated rings. The smallest absolute Gasteiger partial charge is 0.221 e. The third kappa shape index (κ3) is 4.46. The summed E-state index contributed by atoms with van der Waals surface area (Å²) in [6, 6.07) is 17.2. The minimum Gasteiger partial charge on any atom is -0.373 e. The van der Waals surface area contributed by atoms with E-state index in [9.17, 15) is 4.79 Å². The molecule has 1 saturated heterocycles. The number of carbonyl (C=O) groups is 1. The molecule has 1 amide bonds. The number of nitrogens with zero attached hydrogens (tertiary/aromatic N) is 1. The standard InChI is InChI=1S/C27H36N2O2.ClH/c1-19(31-18-21-10-7-6-8-11-21)17-29-15-14-27(5)23-12-9-13-24(28-20(2)30)22(23)16-25(29)26(27,3)4;/h6-13,19,25H,14-18H2,1-5H3,(H,28,30);1H/t19?,25-,27+;/m1./s1. The summed E-state index contributed by atoms with van der Waals surface area (Å²) in [5, 5.41) is 3.08. The van der Waals surface area contributed by atoms with E-state index in [-0.39, 0.29) is 35.2 Å². The van der Waals surface area contributed by atoms with Crippen molar-refractivity contribution in [2.75, 3.05) is 18.4 Å². The summed E-state index contributed by atoms with van der Waals surface area (Å²) in [7, 11) is 0. The number of hydrogen-bond acceptors (Lipinski definition) is 3. The van der Waals surface area contributed by atoms with E-state index in [1.54, 1.807) is 6.92 Å². The van der Waals surface area contributed by atoms with Crippen LogP contribution in [0.25, 0.3) is 0 Å². The molecule has 0 spiro atoms. The lowest BCUT2D eigenvalue weighted by molar-refractivity contribution is -0.114. The number of carbonyl (C=O) groups excluding carboxylic acids is 1. The number of likely N-dealkylation sites (tertiary alicyclic amines) is 1. The normalized spacial score (nSPS) is 24.7. The second-order valence-corrected chi connectivity index (χ2v) is 10.1. The van der Waals surface area contributed by atoms with Crippen molar-refractivity contribution in [2.45, 2.75) is 71.6 Å². The van der Waals surface area contributed by atoms with E-state index < -0.39 is 0 Å². The van der Waals surface area contributed by atoms with Gasteiger partial charge in [0, 0.05) is 30.6 Å². The van der Waals surface area contributed by atoms with Crippen LogP contribution in [0.4, 0.5) is 5.69 Å². The van der Waals surface area contributed by atoms with Crippen molar-refractivity contribution in [1.82, 2.24) is 4.90 Å². The van der Waals surface area contributed by atoms with Gasteiger partial charge in [0.15, 0.2) is 0 Å². The maximum absolute atomic E-state index is 11.8. The Labute approximate surface area is 199 Å². The quantitative estimate of drug-likeness (QED) is 0.616. The molecule has 0 aromatic heterocycles. The van der Waals surface area contributed by atoms with Crippen LogP contribution in [0.2, 0.25) is 0 Å². The molecule has 1 heterocycles. The number of hydrogen-bond donors (Lipinski definition) is 1. The van der Waals surface area contributed by atoms with Crippen LogP contribution < -0.4 is 5.32 Å². The molecular formula is C27H37ClN2O2. The number of benzene rings is 2. The van der Waals surface area contributed by atoms with Gasteiger partial charge in [-0.3, -0.25) is 9.69 Å². The van der Waals surface area contributed by atoms with E-state index in [1.807, 2.05) is 12.1 Å². The average Bonchev–Trinajstić information content (AvgIpc) is 2.72. The van der Waals surface area contributed by atoms with Crippen LogP contribution in [0.5, 0.6) is 0 Å². The Hall–Kier alpha value is -1.88. The predicted molar refractivity (Wildman–Crippen MR) is 134 cm³/mol. The zero-order chi connectivity index (χ0) is 22.2. The molecule has 4 rings (SSSR count). The number of rotatable bonds is 6. The molecule has 2 aliphatic rings. The molecule has 1 aliphatic heterocycles. The van der Waals surface area contributed by atoms with E-state index in [0.717, 1.165) is 31.6 Å². The number of amides is 1. The molecule has 4 nitrogen and oxygen atoms in total. The summed E-state index contributed by atoms with van der Waals surface area (Å²) >= 11 is 0. The molecule has 174 valence electrons. The van der Waals surface area contributed by atoms with Crippen LogP contribution in [0.3, 0.4) is 0 Å². The molecule has 32 heavy (non-hydrogen) atoms. The van der Waals surface area contributed by atoms with Gasteiger partial charge < -0.3 is 10.1 Å². The molecule has 1 aliphatic carbocycles. The lowest BCUT2D eigenvalue weighted by Gasteiger charge is -2.61. The van der Waals surface area contributed by atoms with Gasteiger partial charge in [-0.05, 0) is 54.5 Å². The number of ether oxygens (including phenoxy) is 1. The lowest BCUT2D eigenvalue weighted by Crippen LogP contribution is -2.64. The Balaban J connectivity index is 0.00000289. The van der Waals surface area contributed by atoms with Crippen molar-refractivity contribution >= 4 is 24.0 Å². The van der Waals surface area contributed by atoms with Gasteiger partial charge >= 0.3 is 0 Å². The van der Waals surface area contributed by atoms with E-state index in [2.05, 4.69) is 74.3 Å². The van der Waals surface area contributed by atoms with Gasteiger partial charge in [-0.2, -0.15) is 0 Å². The number of piperidine rings is 1. The molecule has 0 saturated carbocycles. The second kappa shape index (κ2) is 9.54. The third-order valence-corrected chi connectivity index (χ3v) is 7.94. The molecule has 5 heteroatoms. The van der Waals surface area contributed by atoms with Crippen molar-refractivity contribution in [3.8, 4) is 0 Å². The molecule has 2 aromatic carbocycles. The van der Waals surface area contributed by atoms with E-state index in [1.165, 1.54) is 16.7 Å². The van der Waals surface area contributed by atoms with E-state index in [0.29, 0.717) is 12.6 Å². The highest BCUT2D eigenvalue weighted by atomic mass is 35.5. The highest BCUT2D eigenvalue weighted by Crippen LogP contribution is 2.57. The summed E-state index contributed by atoms with van der Waals surface area (Å²) in [4.78, 5) is 14.4. The van der Waals surface area contributed by atoms with Crippen LogP contribution in [-0.4, -0.2) is 36.0 Å². The Morgan fingerprint density at radius 1 is 1.16 bits per heavy atom. The van der Waals surface area contributed by atoms with Crippen LogP contribution in [-0.2, 0) is 28.0 Å². The highest BCUT2D eigenvalue weighted by Gasteiger charge is 2.56. The zero-order valence-corrected chi connectivity index (χ0v) is 20.8. The minimum atomic E-state index is -0.00617. The summed E-state index contributed by atoms with van der Waals surface area (Å²) in [6.45, 7) is 13.7. The van der Waals surface area contributed by atoms with Gasteiger partial charge in [-0.25, -0.2) is 0 Å². The van der Waals surface area contributed by atoms with Crippen LogP contribution in [0.15, 0.2) is 48.5 Å². The lowest BCUT2D eigenvalue weighted by atomic mass is 9.51. The van der Waals surface area contributed by atoms with Crippen molar-refractivity contribution in [1.29, 1.82) is 0 Å². The van der Waals surface area contributed by atoms with Crippen LogP contribution in [0.1, 0.15) is 57.7 Å². The first-order valence-corrected chi connectivity index (χ1v) is 11.5. The first kappa shape index (κ1) is 24.8. The molecule has 3 atom stereocenters. The van der Waals surface area contributed by atoms with E-state index >= 15 is 0 Å². The topological polar surface area (TPSA) is 41.6 Å². The van der Waals surface area contributed by atoms with Crippen LogP contribution in [0, 0.1) is 5.41 Å². The number of fused-ring (bicyclic) bond motifs is 4. The van der Waals surface area contributed by atoms with E-state index in [4.69, 9.17) is 4.74 Å². The second-order valence-electron chi connectivity index (χ2n) is 10.1. The summed E-state index contributed by atoms with van der Waals surface area (Å²) in [5.74, 6) is -0.00617. The summed E-state index contributed by atoms with van der Waals surface area (Å²) < 4.78 is 6.21. The van der Waals surface area contributed by atoms with Crippen molar-refractivity contribution in [2.24, 2.45) is 5.41 Å². The molecular weight excluding hydrogens is 420 g/mol. The monoisotopic (exact) mass is 456 g/mol. The first-order chi connectivity index (χ1) is 14.7. The Morgan fingerprint density at radius 3 is 2.56 bits per heavy atom. The maximum atomic E-state index is 11.8. The fourth-order valence-electron chi connectivity index (χ4n) is 5.77. The molecule has 1 unspecified atom stereocenters.